The molecule has 1 N–H and O–H groups in total. The highest BCUT2D eigenvalue weighted by molar-refractivity contribution is 9.10. The second-order valence-electron chi connectivity index (χ2n) is 2.83. The molecule has 0 aromatic carbocycles. The van der Waals surface area contributed by atoms with Gasteiger partial charge in [0.15, 0.2) is 0 Å². The van der Waals surface area contributed by atoms with Crippen LogP contribution in [0.25, 0.3) is 10.6 Å². The molecule has 76 valence electrons. The molecule has 2 aromatic rings. The molecule has 0 atom stereocenters. The normalized spacial score (nSPS) is 10.2. The molecule has 0 bridgehead atoms. The van der Waals surface area contributed by atoms with Crippen LogP contribution < -0.4 is 0 Å². The van der Waals surface area contributed by atoms with E-state index in [1.54, 1.807) is 18.3 Å². The molecule has 2 rings (SSSR count). The zero-order valence-corrected chi connectivity index (χ0v) is 9.88. The summed E-state index contributed by atoms with van der Waals surface area (Å²) in [4.78, 5) is 16.1. The van der Waals surface area contributed by atoms with Gasteiger partial charge in [-0.25, -0.2) is 4.79 Å². The third-order valence-corrected chi connectivity index (χ3v) is 3.36. The molecule has 0 aliphatic heterocycles. The van der Waals surface area contributed by atoms with E-state index in [-0.39, 0.29) is 0 Å². The van der Waals surface area contributed by atoms with Gasteiger partial charge in [-0.15, -0.1) is 11.3 Å². The van der Waals surface area contributed by atoms with Crippen LogP contribution in [-0.4, -0.2) is 16.1 Å². The summed E-state index contributed by atoms with van der Waals surface area (Å²) in [5.41, 5.74) is 0.788. The van der Waals surface area contributed by atoms with Gasteiger partial charge < -0.3 is 5.11 Å². The molecule has 0 saturated heterocycles. The molecular formula is C10H6BrNO2S. The van der Waals surface area contributed by atoms with Crippen molar-refractivity contribution in [3.63, 3.8) is 0 Å². The van der Waals surface area contributed by atoms with Gasteiger partial charge in [-0.1, -0.05) is 0 Å². The van der Waals surface area contributed by atoms with E-state index >= 15 is 0 Å². The van der Waals surface area contributed by atoms with E-state index in [0.29, 0.717) is 4.88 Å². The molecule has 0 radical (unpaired) electrons. The Balaban J connectivity index is 2.37. The highest BCUT2D eigenvalue weighted by Crippen LogP contribution is 2.27. The standard InChI is InChI=1S/C10H6BrNO2S/c11-6-1-2-7(12-5-6)8-3-4-9(15-8)10(13)14/h1-5H,(H,13,14). The molecule has 5 heteroatoms. The van der Waals surface area contributed by atoms with Gasteiger partial charge in [-0.05, 0) is 40.2 Å². The van der Waals surface area contributed by atoms with Crippen molar-refractivity contribution in [1.82, 2.24) is 4.98 Å². The van der Waals surface area contributed by atoms with Crippen LogP contribution in [0.15, 0.2) is 34.9 Å². The molecule has 3 nitrogen and oxygen atoms in total. The Morgan fingerprint density at radius 2 is 2.13 bits per heavy atom. The average molecular weight is 284 g/mol. The molecule has 0 saturated carbocycles. The van der Waals surface area contributed by atoms with Crippen LogP contribution in [0.4, 0.5) is 0 Å². The second kappa shape index (κ2) is 4.12. The number of carboxylic acids is 1. The highest BCUT2D eigenvalue weighted by Gasteiger charge is 2.08. The van der Waals surface area contributed by atoms with Crippen molar-refractivity contribution in [3.05, 3.63) is 39.8 Å². The monoisotopic (exact) mass is 283 g/mol. The van der Waals surface area contributed by atoms with Crippen LogP contribution in [-0.2, 0) is 0 Å². The summed E-state index contributed by atoms with van der Waals surface area (Å²) in [5, 5.41) is 8.77. The molecule has 0 amide bonds. The smallest absolute Gasteiger partial charge is 0.345 e. The minimum Gasteiger partial charge on any atom is -0.477 e. The van der Waals surface area contributed by atoms with Crippen molar-refractivity contribution in [2.24, 2.45) is 0 Å². The number of hydrogen-bond acceptors (Lipinski definition) is 3. The van der Waals surface area contributed by atoms with Crippen molar-refractivity contribution >= 4 is 33.2 Å². The zero-order valence-electron chi connectivity index (χ0n) is 7.48. The summed E-state index contributed by atoms with van der Waals surface area (Å²) in [5.74, 6) is -0.900. The minimum absolute atomic E-state index is 0.328. The van der Waals surface area contributed by atoms with Crippen molar-refractivity contribution in [2.45, 2.75) is 0 Å². The average Bonchev–Trinajstić information content (AvgIpc) is 2.68. The fourth-order valence-corrected chi connectivity index (χ4v) is 2.17. The molecule has 2 heterocycles. The lowest BCUT2D eigenvalue weighted by atomic mass is 10.3. The van der Waals surface area contributed by atoms with E-state index < -0.39 is 5.97 Å². The Morgan fingerprint density at radius 1 is 1.33 bits per heavy atom. The Bertz CT molecular complexity index is 492. The summed E-state index contributed by atoms with van der Waals surface area (Å²) in [6.07, 6.45) is 1.69. The predicted octanol–water partition coefficient (Wildman–Crippen LogP) is 3.27. The van der Waals surface area contributed by atoms with Crippen LogP contribution >= 0.6 is 27.3 Å². The lowest BCUT2D eigenvalue weighted by Crippen LogP contribution is -1.89. The number of carboxylic acid groups (broad SMARTS) is 1. The Hall–Kier alpha value is -1.20. The lowest BCUT2D eigenvalue weighted by Gasteiger charge is -1.95. The van der Waals surface area contributed by atoms with Gasteiger partial charge in [-0.2, -0.15) is 0 Å². The molecule has 2 aromatic heterocycles. The topological polar surface area (TPSA) is 50.2 Å². The van der Waals surface area contributed by atoms with Crippen molar-refractivity contribution in [1.29, 1.82) is 0 Å². The molecular weight excluding hydrogens is 278 g/mol. The first-order chi connectivity index (χ1) is 7.16. The molecule has 0 spiro atoms. The summed E-state index contributed by atoms with van der Waals surface area (Å²) in [6, 6.07) is 7.08. The second-order valence-corrected chi connectivity index (χ2v) is 4.83. The fraction of sp³-hybridized carbons (Fsp3) is 0. The Labute approximate surface area is 98.5 Å². The first kappa shape index (κ1) is 10.3. The van der Waals surface area contributed by atoms with Crippen molar-refractivity contribution in [2.75, 3.05) is 0 Å². The minimum atomic E-state index is -0.900. The van der Waals surface area contributed by atoms with Gasteiger partial charge in [0.2, 0.25) is 0 Å². The molecule has 0 fully saturated rings. The van der Waals surface area contributed by atoms with E-state index in [1.165, 1.54) is 11.3 Å². The molecule has 0 aliphatic rings. The Morgan fingerprint density at radius 3 is 2.67 bits per heavy atom. The van der Waals surface area contributed by atoms with Gasteiger partial charge in [0.05, 0.1) is 10.6 Å². The number of halogens is 1. The fourth-order valence-electron chi connectivity index (χ4n) is 1.11. The van der Waals surface area contributed by atoms with E-state index in [1.807, 2.05) is 12.1 Å². The number of carbonyl (C=O) groups is 1. The highest BCUT2D eigenvalue weighted by atomic mass is 79.9. The van der Waals surface area contributed by atoms with E-state index in [2.05, 4.69) is 20.9 Å². The third-order valence-electron chi connectivity index (χ3n) is 1.80. The van der Waals surface area contributed by atoms with Crippen LogP contribution in [0.1, 0.15) is 9.67 Å². The number of aromatic carboxylic acids is 1. The summed E-state index contributed by atoms with van der Waals surface area (Å²) < 4.78 is 0.904. The van der Waals surface area contributed by atoms with Crippen LogP contribution in [0.5, 0.6) is 0 Å². The predicted molar refractivity (Wildman–Crippen MR) is 62.2 cm³/mol. The number of hydrogen-bond donors (Lipinski definition) is 1. The molecule has 0 aliphatic carbocycles. The summed E-state index contributed by atoms with van der Waals surface area (Å²) in [6.45, 7) is 0. The van der Waals surface area contributed by atoms with Crippen molar-refractivity contribution in [3.8, 4) is 10.6 Å². The maximum atomic E-state index is 10.7. The maximum Gasteiger partial charge on any atom is 0.345 e. The number of nitrogens with zero attached hydrogens (tertiary/aromatic N) is 1. The van der Waals surface area contributed by atoms with Gasteiger partial charge in [0, 0.05) is 10.7 Å². The largest absolute Gasteiger partial charge is 0.477 e. The van der Waals surface area contributed by atoms with Gasteiger partial charge >= 0.3 is 5.97 Å². The lowest BCUT2D eigenvalue weighted by molar-refractivity contribution is 0.0702. The zero-order chi connectivity index (χ0) is 10.8. The van der Waals surface area contributed by atoms with Gasteiger partial charge in [-0.3, -0.25) is 4.98 Å². The number of rotatable bonds is 2. The van der Waals surface area contributed by atoms with Crippen LogP contribution in [0.3, 0.4) is 0 Å². The van der Waals surface area contributed by atoms with Gasteiger partial charge in [0.25, 0.3) is 0 Å². The van der Waals surface area contributed by atoms with Crippen LogP contribution in [0, 0.1) is 0 Å². The molecule has 0 unspecified atom stereocenters. The SMILES string of the molecule is O=C(O)c1ccc(-c2ccc(Br)cn2)s1. The molecule has 15 heavy (non-hydrogen) atoms. The summed E-state index contributed by atoms with van der Waals surface area (Å²) in [7, 11) is 0. The number of pyridine rings is 1. The first-order valence-electron chi connectivity index (χ1n) is 4.12. The number of aromatic nitrogens is 1. The van der Waals surface area contributed by atoms with E-state index in [0.717, 1.165) is 15.0 Å². The quantitative estimate of drug-likeness (QED) is 0.920. The van der Waals surface area contributed by atoms with Gasteiger partial charge in [0.1, 0.15) is 4.88 Å². The van der Waals surface area contributed by atoms with Crippen molar-refractivity contribution < 1.29 is 9.90 Å². The third kappa shape index (κ3) is 2.24. The first-order valence-corrected chi connectivity index (χ1v) is 5.73. The van der Waals surface area contributed by atoms with E-state index in [9.17, 15) is 4.79 Å². The Kier molecular flexibility index (Phi) is 2.83. The number of thiophene rings is 1. The van der Waals surface area contributed by atoms with Crippen LogP contribution in [0.2, 0.25) is 0 Å². The van der Waals surface area contributed by atoms with E-state index in [4.69, 9.17) is 5.11 Å². The maximum absolute atomic E-state index is 10.7. The summed E-state index contributed by atoms with van der Waals surface area (Å²) >= 11 is 4.52.